The van der Waals surface area contributed by atoms with Crippen molar-refractivity contribution < 1.29 is 9.53 Å². The molecule has 0 unspecified atom stereocenters. The predicted octanol–water partition coefficient (Wildman–Crippen LogP) is 3.54. The number of amides is 1. The Morgan fingerprint density at radius 1 is 1.20 bits per heavy atom. The Balaban J connectivity index is 1.31. The second kappa shape index (κ2) is 9.35. The molecule has 1 heterocycles. The number of hydrogen-bond donors (Lipinski definition) is 1. The predicted molar refractivity (Wildman–Crippen MR) is 100 cm³/mol. The van der Waals surface area contributed by atoms with Gasteiger partial charge < -0.3 is 10.1 Å². The maximum atomic E-state index is 12.2. The highest BCUT2D eigenvalue weighted by Crippen LogP contribution is 2.37. The summed E-state index contributed by atoms with van der Waals surface area (Å²) in [7, 11) is 0. The number of rotatable bonds is 8. The molecule has 0 aromatic heterocycles. The molecular weight excluding hydrogens is 312 g/mol. The zero-order valence-electron chi connectivity index (χ0n) is 15.5. The van der Waals surface area contributed by atoms with Crippen molar-refractivity contribution in [1.82, 2.24) is 10.2 Å². The summed E-state index contributed by atoms with van der Waals surface area (Å²) in [5.74, 6) is 0.740. The van der Waals surface area contributed by atoms with Gasteiger partial charge in [-0.05, 0) is 30.7 Å². The van der Waals surface area contributed by atoms with Crippen LogP contribution in [0.5, 0.6) is 0 Å². The average Bonchev–Trinajstić information content (AvgIpc) is 2.62. The third-order valence-corrected chi connectivity index (χ3v) is 5.49. The van der Waals surface area contributed by atoms with Crippen LogP contribution >= 0.6 is 0 Å². The molecule has 2 aliphatic rings. The number of benzene rings is 1. The number of carbonyl (C=O) groups excluding carboxylic acids is 1. The maximum absolute atomic E-state index is 12.2. The Morgan fingerprint density at radius 2 is 1.96 bits per heavy atom. The minimum absolute atomic E-state index is 0.130. The maximum Gasteiger partial charge on any atom is 0.234 e. The van der Waals surface area contributed by atoms with E-state index in [-0.39, 0.29) is 5.91 Å². The summed E-state index contributed by atoms with van der Waals surface area (Å²) in [5, 5.41) is 3.05. The van der Waals surface area contributed by atoms with E-state index >= 15 is 0 Å². The first-order valence-corrected chi connectivity index (χ1v) is 9.91. The molecule has 1 aromatic carbocycles. The molecule has 4 nitrogen and oxygen atoms in total. The highest BCUT2D eigenvalue weighted by molar-refractivity contribution is 5.78. The smallest absolute Gasteiger partial charge is 0.234 e. The van der Waals surface area contributed by atoms with E-state index in [1.54, 1.807) is 0 Å². The van der Waals surface area contributed by atoms with Gasteiger partial charge >= 0.3 is 0 Å². The van der Waals surface area contributed by atoms with Crippen molar-refractivity contribution >= 4 is 5.91 Å². The third kappa shape index (κ3) is 5.29. The lowest BCUT2D eigenvalue weighted by molar-refractivity contribution is -0.125. The van der Waals surface area contributed by atoms with Crippen LogP contribution in [-0.4, -0.2) is 43.2 Å². The van der Waals surface area contributed by atoms with E-state index in [0.29, 0.717) is 31.2 Å². The van der Waals surface area contributed by atoms with Crippen LogP contribution in [0, 0.1) is 5.92 Å². The summed E-state index contributed by atoms with van der Waals surface area (Å²) in [6.45, 7) is 5.23. The normalized spacial score (nSPS) is 24.7. The van der Waals surface area contributed by atoms with Crippen LogP contribution in [0.4, 0.5) is 0 Å². The quantitative estimate of drug-likeness (QED) is 0.734. The topological polar surface area (TPSA) is 41.6 Å². The molecule has 3 rings (SSSR count). The van der Waals surface area contributed by atoms with Gasteiger partial charge in [0.25, 0.3) is 0 Å². The van der Waals surface area contributed by atoms with Gasteiger partial charge in [0.05, 0.1) is 12.6 Å². The molecule has 1 aliphatic heterocycles. The standard InChI is InChI=1S/C21H32N2O2/c1-17-15-23(21(17)18-9-4-2-5-10-18)16-20(24)22-13-8-14-25-19-11-6-3-7-12-19/h2,4-5,9-10,17,19,21H,3,6-8,11-16H2,1H3,(H,22,24)/t17-,21-/m0/s1. The van der Waals surface area contributed by atoms with Crippen LogP contribution in [-0.2, 0) is 9.53 Å². The highest BCUT2D eigenvalue weighted by atomic mass is 16.5. The first-order valence-electron chi connectivity index (χ1n) is 9.91. The summed E-state index contributed by atoms with van der Waals surface area (Å²) in [5.41, 5.74) is 1.31. The van der Waals surface area contributed by atoms with Crippen LogP contribution in [0.2, 0.25) is 0 Å². The van der Waals surface area contributed by atoms with Crippen molar-refractivity contribution in [2.24, 2.45) is 5.92 Å². The molecular formula is C21H32N2O2. The Morgan fingerprint density at radius 3 is 2.68 bits per heavy atom. The third-order valence-electron chi connectivity index (χ3n) is 5.49. The van der Waals surface area contributed by atoms with Gasteiger partial charge in [-0.25, -0.2) is 0 Å². The monoisotopic (exact) mass is 344 g/mol. The molecule has 1 amide bonds. The molecule has 1 saturated carbocycles. The molecule has 1 N–H and O–H groups in total. The number of likely N-dealkylation sites (tertiary alicyclic amines) is 1. The molecule has 4 heteroatoms. The Kier molecular flexibility index (Phi) is 6.88. The first kappa shape index (κ1) is 18.4. The summed E-state index contributed by atoms with van der Waals surface area (Å²) >= 11 is 0. The van der Waals surface area contributed by atoms with Gasteiger partial charge in [-0.15, -0.1) is 0 Å². The Hall–Kier alpha value is -1.39. The minimum Gasteiger partial charge on any atom is -0.378 e. The lowest BCUT2D eigenvalue weighted by Crippen LogP contribution is -2.52. The average molecular weight is 344 g/mol. The summed E-state index contributed by atoms with van der Waals surface area (Å²) in [6.07, 6.45) is 7.74. The minimum atomic E-state index is 0.130. The van der Waals surface area contributed by atoms with E-state index in [4.69, 9.17) is 4.74 Å². The second-order valence-electron chi connectivity index (χ2n) is 7.60. The Labute approximate surface area is 151 Å². The lowest BCUT2D eigenvalue weighted by atomic mass is 9.85. The number of carbonyl (C=O) groups is 1. The van der Waals surface area contributed by atoms with Crippen molar-refractivity contribution in [2.75, 3.05) is 26.2 Å². The summed E-state index contributed by atoms with van der Waals surface area (Å²) < 4.78 is 5.91. The summed E-state index contributed by atoms with van der Waals surface area (Å²) in [4.78, 5) is 14.5. The molecule has 0 bridgehead atoms. The van der Waals surface area contributed by atoms with Gasteiger partial charge in [0.1, 0.15) is 0 Å². The van der Waals surface area contributed by atoms with Crippen molar-refractivity contribution in [1.29, 1.82) is 0 Å². The fraction of sp³-hybridized carbons (Fsp3) is 0.667. The van der Waals surface area contributed by atoms with Crippen molar-refractivity contribution in [3.05, 3.63) is 35.9 Å². The number of nitrogens with one attached hydrogen (secondary N) is 1. The fourth-order valence-corrected chi connectivity index (χ4v) is 4.18. The highest BCUT2D eigenvalue weighted by Gasteiger charge is 2.37. The van der Waals surface area contributed by atoms with Crippen molar-refractivity contribution in [2.45, 2.75) is 57.6 Å². The van der Waals surface area contributed by atoms with Gasteiger partial charge in [0.15, 0.2) is 0 Å². The van der Waals surface area contributed by atoms with Crippen LogP contribution in [0.1, 0.15) is 57.1 Å². The van der Waals surface area contributed by atoms with E-state index in [1.165, 1.54) is 37.7 Å². The molecule has 1 aromatic rings. The van der Waals surface area contributed by atoms with Crippen molar-refractivity contribution in [3.8, 4) is 0 Å². The first-order chi connectivity index (χ1) is 12.2. The zero-order valence-corrected chi connectivity index (χ0v) is 15.5. The fourth-order valence-electron chi connectivity index (χ4n) is 4.18. The van der Waals surface area contributed by atoms with E-state index < -0.39 is 0 Å². The van der Waals surface area contributed by atoms with E-state index in [0.717, 1.165) is 19.6 Å². The molecule has 0 radical (unpaired) electrons. The largest absolute Gasteiger partial charge is 0.378 e. The summed E-state index contributed by atoms with van der Waals surface area (Å²) in [6, 6.07) is 10.9. The molecule has 2 atom stereocenters. The zero-order chi connectivity index (χ0) is 17.5. The SMILES string of the molecule is C[C@H]1CN(CC(=O)NCCCOC2CCCCC2)[C@@H]1c1ccccc1. The van der Waals surface area contributed by atoms with E-state index in [2.05, 4.69) is 41.4 Å². The number of ether oxygens (including phenoxy) is 1. The number of nitrogens with zero attached hydrogens (tertiary/aromatic N) is 1. The molecule has 138 valence electrons. The second-order valence-corrected chi connectivity index (χ2v) is 7.60. The van der Waals surface area contributed by atoms with Gasteiger partial charge in [-0.3, -0.25) is 9.69 Å². The van der Waals surface area contributed by atoms with E-state index in [1.807, 2.05) is 6.07 Å². The van der Waals surface area contributed by atoms with Crippen LogP contribution in [0.25, 0.3) is 0 Å². The lowest BCUT2D eigenvalue weighted by Gasteiger charge is -2.46. The van der Waals surface area contributed by atoms with Crippen LogP contribution in [0.3, 0.4) is 0 Å². The van der Waals surface area contributed by atoms with E-state index in [9.17, 15) is 4.79 Å². The molecule has 25 heavy (non-hydrogen) atoms. The van der Waals surface area contributed by atoms with Crippen LogP contribution < -0.4 is 5.32 Å². The number of hydrogen-bond acceptors (Lipinski definition) is 3. The van der Waals surface area contributed by atoms with Crippen molar-refractivity contribution in [3.63, 3.8) is 0 Å². The van der Waals surface area contributed by atoms with Gasteiger partial charge in [0.2, 0.25) is 5.91 Å². The van der Waals surface area contributed by atoms with Crippen LogP contribution in [0.15, 0.2) is 30.3 Å². The molecule has 0 spiro atoms. The molecule has 2 fully saturated rings. The van der Waals surface area contributed by atoms with Gasteiger partial charge in [0, 0.05) is 25.7 Å². The Bertz CT molecular complexity index is 528. The molecule has 1 aliphatic carbocycles. The molecule has 1 saturated heterocycles. The van der Waals surface area contributed by atoms with Gasteiger partial charge in [-0.2, -0.15) is 0 Å². The van der Waals surface area contributed by atoms with Gasteiger partial charge in [-0.1, -0.05) is 56.5 Å².